The van der Waals surface area contributed by atoms with E-state index in [-0.39, 0.29) is 0 Å². The van der Waals surface area contributed by atoms with Gasteiger partial charge in [-0.3, -0.25) is 0 Å². The van der Waals surface area contributed by atoms with Crippen molar-refractivity contribution in [3.63, 3.8) is 0 Å². The first-order chi connectivity index (χ1) is 25.7. The fourth-order valence-corrected chi connectivity index (χ4v) is 8.11. The molecule has 5 nitrogen and oxygen atoms in total. The van der Waals surface area contributed by atoms with Crippen LogP contribution in [-0.4, -0.2) is 11.7 Å². The molecule has 0 aromatic heterocycles. The number of rotatable bonds is 4. The summed E-state index contributed by atoms with van der Waals surface area (Å²) in [6.07, 6.45) is -0.478. The minimum atomic E-state index is -0.576. The van der Waals surface area contributed by atoms with Crippen molar-refractivity contribution >= 4 is 11.7 Å². The summed E-state index contributed by atoms with van der Waals surface area (Å²) in [6, 6.07) is 60.8. The topological polar surface area (TPSA) is 69.8 Å². The van der Waals surface area contributed by atoms with Crippen LogP contribution < -0.4 is 10.1 Å². The summed E-state index contributed by atoms with van der Waals surface area (Å²) in [4.78, 5) is 10.5. The highest BCUT2D eigenvalue weighted by Crippen LogP contribution is 2.62. The van der Waals surface area contributed by atoms with Crippen molar-refractivity contribution in [1.29, 1.82) is 5.26 Å². The van der Waals surface area contributed by atoms with Gasteiger partial charge in [-0.25, -0.2) is 9.98 Å². The lowest BCUT2D eigenvalue weighted by atomic mass is 9.66. The van der Waals surface area contributed by atoms with Crippen LogP contribution >= 0.6 is 0 Å². The molecule has 1 atom stereocenters. The van der Waals surface area contributed by atoms with Gasteiger partial charge < -0.3 is 10.1 Å². The zero-order chi connectivity index (χ0) is 34.6. The van der Waals surface area contributed by atoms with Gasteiger partial charge in [-0.1, -0.05) is 133 Å². The van der Waals surface area contributed by atoms with Crippen molar-refractivity contribution in [3.8, 4) is 39.8 Å². The molecule has 1 N–H and O–H groups in total. The summed E-state index contributed by atoms with van der Waals surface area (Å²) in [6.45, 7) is 0. The van der Waals surface area contributed by atoms with Crippen LogP contribution in [0.15, 0.2) is 180 Å². The molecule has 7 aromatic rings. The van der Waals surface area contributed by atoms with Gasteiger partial charge in [0.15, 0.2) is 6.17 Å². The number of aliphatic imine (C=N–C) groups is 2. The number of hydrogen-bond donors (Lipinski definition) is 1. The Morgan fingerprint density at radius 2 is 1.10 bits per heavy atom. The van der Waals surface area contributed by atoms with Crippen LogP contribution in [0.3, 0.4) is 0 Å². The molecule has 7 aromatic carbocycles. The predicted molar refractivity (Wildman–Crippen MR) is 206 cm³/mol. The van der Waals surface area contributed by atoms with Gasteiger partial charge in [0.1, 0.15) is 23.2 Å². The molecule has 1 spiro atoms. The Kier molecular flexibility index (Phi) is 6.77. The van der Waals surface area contributed by atoms with Gasteiger partial charge >= 0.3 is 0 Å². The molecular weight excluding hydrogens is 637 g/mol. The third-order valence-corrected chi connectivity index (χ3v) is 10.4. The number of para-hydroxylation sites is 2. The van der Waals surface area contributed by atoms with E-state index < -0.39 is 11.6 Å². The van der Waals surface area contributed by atoms with E-state index >= 15 is 0 Å². The van der Waals surface area contributed by atoms with Crippen molar-refractivity contribution in [1.82, 2.24) is 5.32 Å². The highest BCUT2D eigenvalue weighted by Gasteiger charge is 2.51. The smallest absolute Gasteiger partial charge is 0.169 e. The molecule has 2 heterocycles. The van der Waals surface area contributed by atoms with Crippen molar-refractivity contribution < 1.29 is 4.74 Å². The molecule has 0 radical (unpaired) electrons. The van der Waals surface area contributed by atoms with Gasteiger partial charge in [0, 0.05) is 22.3 Å². The summed E-state index contributed by atoms with van der Waals surface area (Å²) >= 11 is 0. The summed E-state index contributed by atoms with van der Waals surface area (Å²) in [7, 11) is 0. The molecule has 0 saturated carbocycles. The van der Waals surface area contributed by atoms with E-state index in [2.05, 4.69) is 121 Å². The molecule has 2 aliphatic heterocycles. The molecular formula is C47H30N4O. The first kappa shape index (κ1) is 29.8. The molecule has 5 heteroatoms. The van der Waals surface area contributed by atoms with E-state index in [9.17, 15) is 5.26 Å². The minimum absolute atomic E-state index is 0.478. The molecule has 0 saturated heterocycles. The van der Waals surface area contributed by atoms with Gasteiger partial charge in [0.2, 0.25) is 0 Å². The van der Waals surface area contributed by atoms with Crippen LogP contribution in [0.2, 0.25) is 0 Å². The number of fused-ring (bicyclic) bond motifs is 9. The Hall–Kier alpha value is -7.03. The van der Waals surface area contributed by atoms with Gasteiger partial charge in [0.25, 0.3) is 0 Å². The average Bonchev–Trinajstić information content (AvgIpc) is 3.51. The van der Waals surface area contributed by atoms with Crippen molar-refractivity contribution in [3.05, 3.63) is 214 Å². The second-order valence-corrected chi connectivity index (χ2v) is 13.3. The fraction of sp³-hybridized carbons (Fsp3) is 0.0426. The molecule has 0 bridgehead atoms. The van der Waals surface area contributed by atoms with E-state index in [0.29, 0.717) is 5.56 Å². The average molecular weight is 667 g/mol. The van der Waals surface area contributed by atoms with E-state index in [1.165, 1.54) is 22.3 Å². The van der Waals surface area contributed by atoms with Crippen LogP contribution in [0.1, 0.15) is 50.7 Å². The lowest BCUT2D eigenvalue weighted by Gasteiger charge is -2.39. The van der Waals surface area contributed by atoms with E-state index in [0.717, 1.165) is 62.1 Å². The van der Waals surface area contributed by atoms with Crippen molar-refractivity contribution in [2.24, 2.45) is 9.98 Å². The van der Waals surface area contributed by atoms with Crippen molar-refractivity contribution in [2.45, 2.75) is 11.6 Å². The summed E-state index contributed by atoms with van der Waals surface area (Å²) in [5.74, 6) is 3.25. The maximum Gasteiger partial charge on any atom is 0.169 e. The zero-order valence-electron chi connectivity index (χ0n) is 28.0. The Balaban J connectivity index is 1.15. The maximum absolute atomic E-state index is 9.32. The molecule has 1 unspecified atom stereocenters. The molecule has 244 valence electrons. The van der Waals surface area contributed by atoms with Crippen LogP contribution in [-0.2, 0) is 5.41 Å². The maximum atomic E-state index is 9.32. The molecule has 3 aliphatic rings. The van der Waals surface area contributed by atoms with Crippen LogP contribution in [0.25, 0.3) is 22.3 Å². The number of benzene rings is 7. The van der Waals surface area contributed by atoms with Crippen LogP contribution in [0.5, 0.6) is 11.5 Å². The number of nitrogens with one attached hydrogen (secondary N) is 1. The second kappa shape index (κ2) is 11.8. The van der Waals surface area contributed by atoms with Crippen LogP contribution in [0.4, 0.5) is 0 Å². The van der Waals surface area contributed by atoms with Crippen LogP contribution in [0, 0.1) is 11.3 Å². The molecule has 1 aliphatic carbocycles. The molecule has 0 amide bonds. The Bertz CT molecular complexity index is 2610. The standard InChI is InChI=1S/C47H30N4O/c48-29-30-21-23-31(24-22-30)33-13-10-14-34(27-33)45-49-44(32-11-2-1-3-12-32)50-46(51-45)35-25-26-37-36-15-4-5-16-38(36)47(41(37)28-35)39-17-6-8-19-42(39)52-43-20-9-7-18-40(43)47/h1-28,45H,(H,49,50,51). The Morgan fingerprint density at radius 3 is 1.83 bits per heavy atom. The zero-order valence-corrected chi connectivity index (χ0v) is 28.0. The third kappa shape index (κ3) is 4.55. The first-order valence-corrected chi connectivity index (χ1v) is 17.4. The lowest BCUT2D eigenvalue weighted by Crippen LogP contribution is -2.36. The number of amidine groups is 2. The highest BCUT2D eigenvalue weighted by atomic mass is 16.5. The minimum Gasteiger partial charge on any atom is -0.457 e. The van der Waals surface area contributed by atoms with Gasteiger partial charge in [-0.2, -0.15) is 5.26 Å². The summed E-state index contributed by atoms with van der Waals surface area (Å²) in [5.41, 5.74) is 12.2. The van der Waals surface area contributed by atoms with Crippen molar-refractivity contribution in [2.75, 3.05) is 0 Å². The van der Waals surface area contributed by atoms with E-state index in [4.69, 9.17) is 14.7 Å². The third-order valence-electron chi connectivity index (χ3n) is 10.4. The van der Waals surface area contributed by atoms with Gasteiger partial charge in [-0.05, 0) is 75.3 Å². The number of nitriles is 1. The molecule has 10 rings (SSSR count). The quantitative estimate of drug-likeness (QED) is 0.203. The monoisotopic (exact) mass is 666 g/mol. The first-order valence-electron chi connectivity index (χ1n) is 17.4. The Labute approximate surface area is 301 Å². The molecule has 0 fully saturated rings. The summed E-state index contributed by atoms with van der Waals surface area (Å²) in [5, 5.41) is 12.9. The lowest BCUT2D eigenvalue weighted by molar-refractivity contribution is 0.436. The fourth-order valence-electron chi connectivity index (χ4n) is 8.11. The van der Waals surface area contributed by atoms with Gasteiger partial charge in [0.05, 0.1) is 17.0 Å². The molecule has 52 heavy (non-hydrogen) atoms. The van der Waals surface area contributed by atoms with E-state index in [1.54, 1.807) is 0 Å². The SMILES string of the molecule is N#Cc1ccc(-c2cccc(C3N=C(c4ccccc4)NC(c4ccc5c(c4)C4(c6ccccc6Oc6ccccc64)c4ccccc4-5)=N3)c2)cc1. The largest absolute Gasteiger partial charge is 0.457 e. The normalized spacial score (nSPS) is 15.8. The number of ether oxygens (including phenoxy) is 1. The predicted octanol–water partition coefficient (Wildman–Crippen LogP) is 10.2. The van der Waals surface area contributed by atoms with Gasteiger partial charge in [-0.15, -0.1) is 0 Å². The Morgan fingerprint density at radius 1 is 0.500 bits per heavy atom. The second-order valence-electron chi connectivity index (χ2n) is 13.3. The van der Waals surface area contributed by atoms with E-state index in [1.807, 2.05) is 60.7 Å². The highest BCUT2D eigenvalue weighted by molar-refractivity contribution is 6.16. The summed E-state index contributed by atoms with van der Waals surface area (Å²) < 4.78 is 6.55. The number of hydrogen-bond acceptors (Lipinski definition) is 5. The number of nitrogens with zero attached hydrogens (tertiary/aromatic N) is 3.